The molecule has 0 radical (unpaired) electrons. The lowest BCUT2D eigenvalue weighted by Crippen LogP contribution is -2.12. The lowest BCUT2D eigenvalue weighted by Gasteiger charge is -2.02. The van der Waals surface area contributed by atoms with Gasteiger partial charge in [-0.2, -0.15) is 9.61 Å². The number of rotatable bonds is 2. The zero-order valence-corrected chi connectivity index (χ0v) is 11.8. The molecule has 108 valence electrons. The smallest absolute Gasteiger partial charge is 0.440 e. The molecule has 4 rings (SSSR count). The number of methoxy groups -OCH3 is 1. The molecule has 5 heteroatoms. The summed E-state index contributed by atoms with van der Waals surface area (Å²) in [5, 5.41) is 5.17. The van der Waals surface area contributed by atoms with E-state index in [4.69, 9.17) is 9.15 Å². The van der Waals surface area contributed by atoms with Crippen molar-refractivity contribution in [1.29, 1.82) is 0 Å². The van der Waals surface area contributed by atoms with Crippen LogP contribution in [0.4, 0.5) is 0 Å². The third-order valence-corrected chi connectivity index (χ3v) is 3.61. The van der Waals surface area contributed by atoms with Gasteiger partial charge in [0.2, 0.25) is 0 Å². The average molecular weight is 292 g/mol. The van der Waals surface area contributed by atoms with Gasteiger partial charge in [0, 0.05) is 17.0 Å². The molecule has 0 N–H and O–H groups in total. The van der Waals surface area contributed by atoms with Crippen molar-refractivity contribution in [2.45, 2.75) is 0 Å². The minimum atomic E-state index is -0.516. The first-order valence-corrected chi connectivity index (χ1v) is 6.82. The molecule has 0 saturated heterocycles. The fraction of sp³-hybridized carbons (Fsp3) is 0.0588. The van der Waals surface area contributed by atoms with Gasteiger partial charge in [0.05, 0.1) is 18.3 Å². The van der Waals surface area contributed by atoms with Gasteiger partial charge < -0.3 is 9.15 Å². The van der Waals surface area contributed by atoms with Gasteiger partial charge in [0.1, 0.15) is 11.3 Å². The van der Waals surface area contributed by atoms with Crippen molar-refractivity contribution >= 4 is 16.5 Å². The zero-order valence-electron chi connectivity index (χ0n) is 11.8. The minimum Gasteiger partial charge on any atom is -0.497 e. The van der Waals surface area contributed by atoms with Crippen molar-refractivity contribution < 1.29 is 9.15 Å². The predicted octanol–water partition coefficient (Wildman–Crippen LogP) is 3.12. The Hall–Kier alpha value is -3.08. The number of aromatic nitrogens is 2. The summed E-state index contributed by atoms with van der Waals surface area (Å²) in [6.45, 7) is 0. The van der Waals surface area contributed by atoms with Gasteiger partial charge >= 0.3 is 5.76 Å². The van der Waals surface area contributed by atoms with E-state index in [2.05, 4.69) is 5.10 Å². The van der Waals surface area contributed by atoms with Crippen LogP contribution in [0.25, 0.3) is 27.7 Å². The van der Waals surface area contributed by atoms with Crippen LogP contribution in [0.5, 0.6) is 5.75 Å². The molecule has 0 bridgehead atoms. The Morgan fingerprint density at radius 1 is 1.09 bits per heavy atom. The number of benzene rings is 2. The number of nitrogens with zero attached hydrogens (tertiary/aromatic N) is 2. The highest BCUT2D eigenvalue weighted by Crippen LogP contribution is 2.26. The summed E-state index contributed by atoms with van der Waals surface area (Å²) >= 11 is 0. The zero-order chi connectivity index (χ0) is 15.1. The van der Waals surface area contributed by atoms with Crippen molar-refractivity contribution in [1.82, 2.24) is 9.61 Å². The maximum absolute atomic E-state index is 12.1. The molecule has 0 spiro atoms. The van der Waals surface area contributed by atoms with E-state index in [1.54, 1.807) is 13.2 Å². The molecule has 2 heterocycles. The maximum Gasteiger partial charge on any atom is 0.440 e. The normalized spacial score (nSPS) is 11.1. The second-order valence-corrected chi connectivity index (χ2v) is 4.92. The van der Waals surface area contributed by atoms with Crippen molar-refractivity contribution in [3.05, 3.63) is 65.1 Å². The molecular weight excluding hydrogens is 280 g/mol. The van der Waals surface area contributed by atoms with Crippen LogP contribution in [0.1, 0.15) is 0 Å². The molecule has 0 saturated carbocycles. The van der Waals surface area contributed by atoms with E-state index in [9.17, 15) is 4.79 Å². The number of ether oxygens (including phenoxy) is 1. The lowest BCUT2D eigenvalue weighted by molar-refractivity contribution is 0.413. The van der Waals surface area contributed by atoms with Gasteiger partial charge in [0.15, 0.2) is 0 Å². The molecule has 2 aromatic heterocycles. The highest BCUT2D eigenvalue weighted by atomic mass is 16.5. The Balaban J connectivity index is 2.05. The molecule has 0 unspecified atom stereocenters. The summed E-state index contributed by atoms with van der Waals surface area (Å²) in [5.74, 6) is 0.126. The standard InChI is InChI=1S/C17H12N2O3/c1-21-12-7-8-13-15-10-14(11-5-3-2-4-6-11)18-19(15)17(20)22-16(13)9-12/h2-10H,1H3. The van der Waals surface area contributed by atoms with Crippen LogP contribution in [-0.4, -0.2) is 16.7 Å². The first kappa shape index (κ1) is 12.6. The first-order chi connectivity index (χ1) is 10.8. The average Bonchev–Trinajstić information content (AvgIpc) is 3.01. The Bertz CT molecular complexity index is 1030. The van der Waals surface area contributed by atoms with E-state index in [-0.39, 0.29) is 0 Å². The largest absolute Gasteiger partial charge is 0.497 e. The monoisotopic (exact) mass is 292 g/mol. The van der Waals surface area contributed by atoms with Crippen molar-refractivity contribution in [3.63, 3.8) is 0 Å². The molecule has 0 atom stereocenters. The second-order valence-electron chi connectivity index (χ2n) is 4.92. The lowest BCUT2D eigenvalue weighted by atomic mass is 10.1. The molecule has 2 aromatic carbocycles. The summed E-state index contributed by atoms with van der Waals surface area (Å²) in [7, 11) is 1.57. The van der Waals surface area contributed by atoms with Crippen LogP contribution in [-0.2, 0) is 0 Å². The van der Waals surface area contributed by atoms with E-state index in [1.165, 1.54) is 4.52 Å². The third kappa shape index (κ3) is 1.87. The summed E-state index contributed by atoms with van der Waals surface area (Å²) < 4.78 is 11.8. The fourth-order valence-electron chi connectivity index (χ4n) is 2.53. The van der Waals surface area contributed by atoms with Crippen molar-refractivity contribution in [3.8, 4) is 17.0 Å². The van der Waals surface area contributed by atoms with Crippen LogP contribution in [0.2, 0.25) is 0 Å². The molecule has 0 aliphatic heterocycles. The number of hydrogen-bond acceptors (Lipinski definition) is 4. The molecule has 0 amide bonds. The second kappa shape index (κ2) is 4.73. The van der Waals surface area contributed by atoms with E-state index in [1.807, 2.05) is 48.5 Å². The van der Waals surface area contributed by atoms with Crippen LogP contribution in [0.3, 0.4) is 0 Å². The highest BCUT2D eigenvalue weighted by molar-refractivity contribution is 5.94. The van der Waals surface area contributed by atoms with Gasteiger partial charge in [-0.25, -0.2) is 4.79 Å². The third-order valence-electron chi connectivity index (χ3n) is 3.61. The summed E-state index contributed by atoms with van der Waals surface area (Å²) in [6.07, 6.45) is 0. The SMILES string of the molecule is COc1ccc2c(c1)oc(=O)n1nc(-c3ccccc3)cc21. The fourth-order valence-corrected chi connectivity index (χ4v) is 2.53. The molecular formula is C17H12N2O3. The molecule has 0 fully saturated rings. The predicted molar refractivity (Wildman–Crippen MR) is 83.2 cm³/mol. The van der Waals surface area contributed by atoms with Gasteiger partial charge in [-0.3, -0.25) is 0 Å². The van der Waals surface area contributed by atoms with Crippen LogP contribution < -0.4 is 10.5 Å². The van der Waals surface area contributed by atoms with E-state index >= 15 is 0 Å². The van der Waals surface area contributed by atoms with Gasteiger partial charge in [-0.15, -0.1) is 0 Å². The van der Waals surface area contributed by atoms with E-state index < -0.39 is 5.76 Å². The number of fused-ring (bicyclic) bond motifs is 3. The van der Waals surface area contributed by atoms with Gasteiger partial charge in [-0.05, 0) is 18.2 Å². The topological polar surface area (TPSA) is 56.7 Å². The first-order valence-electron chi connectivity index (χ1n) is 6.82. The van der Waals surface area contributed by atoms with E-state index in [0.29, 0.717) is 16.8 Å². The molecule has 22 heavy (non-hydrogen) atoms. The molecule has 4 aromatic rings. The summed E-state index contributed by atoms with van der Waals surface area (Å²) in [4.78, 5) is 12.1. The highest BCUT2D eigenvalue weighted by Gasteiger charge is 2.12. The molecule has 0 aliphatic rings. The Kier molecular flexibility index (Phi) is 2.72. The van der Waals surface area contributed by atoms with Crippen molar-refractivity contribution in [2.75, 3.05) is 7.11 Å². The molecule has 0 aliphatic carbocycles. The summed E-state index contributed by atoms with van der Waals surface area (Å²) in [6, 6.07) is 17.0. The number of hydrogen-bond donors (Lipinski definition) is 0. The minimum absolute atomic E-state index is 0.483. The van der Waals surface area contributed by atoms with E-state index in [0.717, 1.165) is 16.6 Å². The quantitative estimate of drug-likeness (QED) is 0.569. The Morgan fingerprint density at radius 3 is 2.68 bits per heavy atom. The Labute approximate surface area is 125 Å². The van der Waals surface area contributed by atoms with Crippen molar-refractivity contribution in [2.24, 2.45) is 0 Å². The maximum atomic E-state index is 12.1. The Morgan fingerprint density at radius 2 is 1.91 bits per heavy atom. The van der Waals surface area contributed by atoms with Gasteiger partial charge in [-0.1, -0.05) is 30.3 Å². The van der Waals surface area contributed by atoms with Crippen LogP contribution in [0.15, 0.2) is 63.8 Å². The van der Waals surface area contributed by atoms with Crippen LogP contribution >= 0.6 is 0 Å². The molecule has 5 nitrogen and oxygen atoms in total. The van der Waals surface area contributed by atoms with Crippen LogP contribution in [0, 0.1) is 0 Å². The summed E-state index contributed by atoms with van der Waals surface area (Å²) in [5.41, 5.74) is 2.88. The van der Waals surface area contributed by atoms with Gasteiger partial charge in [0.25, 0.3) is 0 Å².